The lowest BCUT2D eigenvalue weighted by molar-refractivity contribution is -0.119. The second-order valence-electron chi connectivity index (χ2n) is 6.14. The van der Waals surface area contributed by atoms with Crippen molar-refractivity contribution in [1.82, 2.24) is 0 Å². The monoisotopic (exact) mass is 469 g/mol. The zero-order valence-electron chi connectivity index (χ0n) is 16.0. The molecule has 1 amide bonds. The van der Waals surface area contributed by atoms with Gasteiger partial charge in [-0.2, -0.15) is 0 Å². The van der Waals surface area contributed by atoms with E-state index >= 15 is 0 Å². The first-order valence-corrected chi connectivity index (χ1v) is 10.0. The minimum Gasteiger partial charge on any atom is -0.490 e. The number of carbonyl (C=O) groups excluding carboxylic acids is 2. The highest BCUT2D eigenvalue weighted by molar-refractivity contribution is 9.10. The summed E-state index contributed by atoms with van der Waals surface area (Å²) in [4.78, 5) is 24.4. The summed E-state index contributed by atoms with van der Waals surface area (Å²) in [6, 6.07) is 23.2. The van der Waals surface area contributed by atoms with Crippen LogP contribution < -0.4 is 14.8 Å². The number of nitrogens with one attached hydrogen (secondary N) is 1. The molecule has 0 bridgehead atoms. The van der Waals surface area contributed by atoms with Crippen LogP contribution in [0.15, 0.2) is 83.3 Å². The predicted molar refractivity (Wildman–Crippen MR) is 117 cm³/mol. The van der Waals surface area contributed by atoms with E-state index in [9.17, 15) is 9.59 Å². The molecule has 0 heterocycles. The van der Waals surface area contributed by atoms with E-state index in [0.29, 0.717) is 18.0 Å². The van der Waals surface area contributed by atoms with E-state index in [-0.39, 0.29) is 12.2 Å². The molecule has 3 rings (SSSR count). The maximum atomic E-state index is 12.4. The Morgan fingerprint density at radius 2 is 1.57 bits per heavy atom. The molecule has 0 atom stereocenters. The molecule has 30 heavy (non-hydrogen) atoms. The smallest absolute Gasteiger partial charge is 0.342 e. The Labute approximate surface area is 182 Å². The molecule has 0 saturated carbocycles. The van der Waals surface area contributed by atoms with Crippen LogP contribution in [-0.2, 0) is 9.53 Å². The number of ether oxygens (including phenoxy) is 3. The van der Waals surface area contributed by atoms with Gasteiger partial charge in [0.05, 0.1) is 0 Å². The molecule has 7 heteroatoms. The number of rotatable bonds is 9. The number of benzene rings is 3. The van der Waals surface area contributed by atoms with Gasteiger partial charge in [-0.1, -0.05) is 52.3 Å². The number of anilines is 1. The van der Waals surface area contributed by atoms with Gasteiger partial charge in [0.25, 0.3) is 5.91 Å². The van der Waals surface area contributed by atoms with Gasteiger partial charge < -0.3 is 19.5 Å². The summed E-state index contributed by atoms with van der Waals surface area (Å²) < 4.78 is 17.2. The molecule has 0 aliphatic carbocycles. The van der Waals surface area contributed by atoms with Crippen LogP contribution in [0.5, 0.6) is 11.5 Å². The molecule has 0 aliphatic rings. The number of hydrogen-bond donors (Lipinski definition) is 1. The maximum Gasteiger partial charge on any atom is 0.342 e. The molecule has 0 unspecified atom stereocenters. The number of para-hydroxylation sites is 2. The molecule has 0 aliphatic heterocycles. The van der Waals surface area contributed by atoms with Crippen molar-refractivity contribution in [3.8, 4) is 11.5 Å². The molecule has 0 saturated heterocycles. The van der Waals surface area contributed by atoms with Gasteiger partial charge in [0.2, 0.25) is 0 Å². The highest BCUT2D eigenvalue weighted by Gasteiger charge is 2.15. The Balaban J connectivity index is 1.49. The van der Waals surface area contributed by atoms with Crippen molar-refractivity contribution in [2.75, 3.05) is 25.1 Å². The number of halogens is 1. The minimum absolute atomic E-state index is 0.243. The Hall–Kier alpha value is -3.32. The van der Waals surface area contributed by atoms with Crippen LogP contribution in [0.4, 0.5) is 5.69 Å². The van der Waals surface area contributed by atoms with E-state index < -0.39 is 18.5 Å². The fourth-order valence-electron chi connectivity index (χ4n) is 2.56. The van der Waals surface area contributed by atoms with Gasteiger partial charge in [-0.3, -0.25) is 4.79 Å². The van der Waals surface area contributed by atoms with Crippen LogP contribution in [-0.4, -0.2) is 31.7 Å². The molecular formula is C23H20BrNO5. The summed E-state index contributed by atoms with van der Waals surface area (Å²) in [5.74, 6) is 0.0342. The lowest BCUT2D eigenvalue weighted by atomic mass is 10.2. The van der Waals surface area contributed by atoms with Crippen LogP contribution >= 0.6 is 15.9 Å². The second kappa shape index (κ2) is 11.0. The molecule has 0 fully saturated rings. The second-order valence-corrected chi connectivity index (χ2v) is 7.06. The quantitative estimate of drug-likeness (QED) is 0.363. The summed E-state index contributed by atoms with van der Waals surface area (Å²) in [5, 5.41) is 2.67. The fraction of sp³-hybridized carbons (Fsp3) is 0.130. The standard InChI is InChI=1S/C23H20BrNO5/c24-17-7-6-8-18(15-17)25-22(26)16-30-23(27)20-11-4-5-12-21(20)29-14-13-28-19-9-2-1-3-10-19/h1-12,15H,13-14,16H2,(H,25,26). The highest BCUT2D eigenvalue weighted by atomic mass is 79.9. The largest absolute Gasteiger partial charge is 0.490 e. The summed E-state index contributed by atoms with van der Waals surface area (Å²) in [6.45, 7) is 0.168. The Kier molecular flexibility index (Phi) is 7.86. The summed E-state index contributed by atoms with van der Waals surface area (Å²) in [7, 11) is 0. The van der Waals surface area contributed by atoms with Crippen LogP contribution in [0.25, 0.3) is 0 Å². The van der Waals surface area contributed by atoms with Gasteiger partial charge in [-0.25, -0.2) is 4.79 Å². The van der Waals surface area contributed by atoms with E-state index in [1.165, 1.54) is 0 Å². The third-order valence-electron chi connectivity index (χ3n) is 3.90. The van der Waals surface area contributed by atoms with Crippen molar-refractivity contribution in [2.45, 2.75) is 0 Å². The average Bonchev–Trinajstić information content (AvgIpc) is 2.76. The van der Waals surface area contributed by atoms with Crippen LogP contribution in [0.2, 0.25) is 0 Å². The Morgan fingerprint density at radius 3 is 2.37 bits per heavy atom. The van der Waals surface area contributed by atoms with Crippen molar-refractivity contribution < 1.29 is 23.8 Å². The Morgan fingerprint density at radius 1 is 0.833 bits per heavy atom. The number of hydrogen-bond acceptors (Lipinski definition) is 5. The lowest BCUT2D eigenvalue weighted by Gasteiger charge is -2.12. The van der Waals surface area contributed by atoms with Crippen LogP contribution in [0.3, 0.4) is 0 Å². The van der Waals surface area contributed by atoms with E-state index in [1.807, 2.05) is 36.4 Å². The lowest BCUT2D eigenvalue weighted by Crippen LogP contribution is -2.21. The number of esters is 1. The molecule has 3 aromatic rings. The molecule has 3 aromatic carbocycles. The van der Waals surface area contributed by atoms with E-state index in [2.05, 4.69) is 21.2 Å². The summed E-state index contributed by atoms with van der Waals surface area (Å²) in [5.41, 5.74) is 0.847. The summed E-state index contributed by atoms with van der Waals surface area (Å²) >= 11 is 3.33. The van der Waals surface area contributed by atoms with E-state index in [4.69, 9.17) is 14.2 Å². The van der Waals surface area contributed by atoms with Crippen molar-refractivity contribution in [3.05, 3.63) is 88.9 Å². The normalized spacial score (nSPS) is 10.2. The predicted octanol–water partition coefficient (Wildman–Crippen LogP) is 4.70. The van der Waals surface area contributed by atoms with Crippen molar-refractivity contribution >= 4 is 33.5 Å². The molecule has 6 nitrogen and oxygen atoms in total. The first-order chi connectivity index (χ1) is 14.6. The minimum atomic E-state index is -0.640. The first kappa shape index (κ1) is 21.4. The van der Waals surface area contributed by atoms with Gasteiger partial charge in [-0.15, -0.1) is 0 Å². The fourth-order valence-corrected chi connectivity index (χ4v) is 2.96. The third kappa shape index (κ3) is 6.63. The van der Waals surface area contributed by atoms with Crippen LogP contribution in [0.1, 0.15) is 10.4 Å². The SMILES string of the molecule is O=C(COC(=O)c1ccccc1OCCOc1ccccc1)Nc1cccc(Br)c1. The van der Waals surface area contributed by atoms with Gasteiger partial charge in [0.15, 0.2) is 6.61 Å². The van der Waals surface area contributed by atoms with Crippen molar-refractivity contribution in [2.24, 2.45) is 0 Å². The number of amides is 1. The average molecular weight is 470 g/mol. The van der Waals surface area contributed by atoms with Crippen LogP contribution in [0, 0.1) is 0 Å². The van der Waals surface area contributed by atoms with Gasteiger partial charge in [0.1, 0.15) is 30.3 Å². The third-order valence-corrected chi connectivity index (χ3v) is 4.40. The zero-order valence-corrected chi connectivity index (χ0v) is 17.6. The molecule has 0 aromatic heterocycles. The van der Waals surface area contributed by atoms with Gasteiger partial charge >= 0.3 is 5.97 Å². The van der Waals surface area contributed by atoms with Gasteiger partial charge in [-0.05, 0) is 42.5 Å². The highest BCUT2D eigenvalue weighted by Crippen LogP contribution is 2.19. The molecule has 1 N–H and O–H groups in total. The zero-order chi connectivity index (χ0) is 21.2. The topological polar surface area (TPSA) is 73.9 Å². The molecule has 0 radical (unpaired) electrons. The van der Waals surface area contributed by atoms with Gasteiger partial charge in [0, 0.05) is 10.2 Å². The molecular weight excluding hydrogens is 450 g/mol. The summed E-state index contributed by atoms with van der Waals surface area (Å²) in [6.07, 6.45) is 0. The number of carbonyl (C=O) groups is 2. The van der Waals surface area contributed by atoms with E-state index in [1.54, 1.807) is 42.5 Å². The Bertz CT molecular complexity index is 994. The van der Waals surface area contributed by atoms with Crippen molar-refractivity contribution in [3.63, 3.8) is 0 Å². The molecule has 0 spiro atoms. The van der Waals surface area contributed by atoms with Crippen molar-refractivity contribution in [1.29, 1.82) is 0 Å². The first-order valence-electron chi connectivity index (χ1n) is 9.24. The molecule has 154 valence electrons. The maximum absolute atomic E-state index is 12.4. The van der Waals surface area contributed by atoms with E-state index in [0.717, 1.165) is 10.2 Å².